The first-order chi connectivity index (χ1) is 15.8. The van der Waals surface area contributed by atoms with E-state index in [2.05, 4.69) is 65.4 Å². The molecule has 2 heteroatoms. The lowest BCUT2D eigenvalue weighted by molar-refractivity contribution is 0.545. The largest absolute Gasteiger partial charge is 0.256 e. The maximum atomic E-state index is 4.77. The van der Waals surface area contributed by atoms with E-state index in [9.17, 15) is 0 Å². The Balaban J connectivity index is 0.00000189. The molecule has 0 saturated heterocycles. The predicted octanol–water partition coefficient (Wildman–Crippen LogP) is 9.70. The minimum atomic E-state index is 0.0958. The Morgan fingerprint density at radius 1 is 0.909 bits per heavy atom. The van der Waals surface area contributed by atoms with E-state index in [4.69, 9.17) is 4.99 Å². The van der Waals surface area contributed by atoms with Crippen molar-refractivity contribution in [3.8, 4) is 0 Å². The normalized spacial score (nSPS) is 11.3. The minimum absolute atomic E-state index is 0.0958. The zero-order valence-corrected chi connectivity index (χ0v) is 21.7. The molecule has 176 valence electrons. The number of benzene rings is 2. The number of aliphatic imine (C=N–C) groups is 2. The van der Waals surface area contributed by atoms with Gasteiger partial charge in [0, 0.05) is 29.1 Å². The van der Waals surface area contributed by atoms with Gasteiger partial charge in [0.05, 0.1) is 11.4 Å². The summed E-state index contributed by atoms with van der Waals surface area (Å²) in [5.41, 5.74) is 5.57. The monoisotopic (exact) mass is 442 g/mol. The molecule has 0 aliphatic carbocycles. The van der Waals surface area contributed by atoms with Crippen molar-refractivity contribution in [3.05, 3.63) is 103 Å². The van der Waals surface area contributed by atoms with E-state index < -0.39 is 0 Å². The van der Waals surface area contributed by atoms with Crippen LogP contribution in [0.2, 0.25) is 0 Å². The van der Waals surface area contributed by atoms with Gasteiger partial charge in [-0.1, -0.05) is 129 Å². The first-order valence-electron chi connectivity index (χ1n) is 11.7. The van der Waals surface area contributed by atoms with E-state index in [1.165, 1.54) is 6.42 Å². The SMILES string of the molecule is C=CN=C(c1ccccc1)c1ccc(C=C)c(C=C)c1N=C/C=C/C(C)(C)C.CC.CCC. The average molecular weight is 443 g/mol. The second kappa shape index (κ2) is 16.4. The van der Waals surface area contributed by atoms with Gasteiger partial charge in [-0.15, -0.1) is 0 Å². The third-order valence-corrected chi connectivity index (χ3v) is 4.08. The molecule has 0 fully saturated rings. The highest BCUT2D eigenvalue weighted by Crippen LogP contribution is 2.32. The molecule has 0 amide bonds. The number of nitrogens with zero attached hydrogens (tertiary/aromatic N) is 2. The van der Waals surface area contributed by atoms with Crippen LogP contribution in [0, 0.1) is 5.41 Å². The van der Waals surface area contributed by atoms with E-state index >= 15 is 0 Å². The fourth-order valence-electron chi connectivity index (χ4n) is 2.78. The summed E-state index contributed by atoms with van der Waals surface area (Å²) in [6, 6.07) is 14.1. The van der Waals surface area contributed by atoms with Gasteiger partial charge in [0.1, 0.15) is 0 Å². The van der Waals surface area contributed by atoms with Crippen molar-refractivity contribution >= 4 is 29.8 Å². The van der Waals surface area contributed by atoms with E-state index in [0.717, 1.165) is 33.7 Å². The van der Waals surface area contributed by atoms with Crippen molar-refractivity contribution in [2.75, 3.05) is 0 Å². The smallest absolute Gasteiger partial charge is 0.0801 e. The third kappa shape index (κ3) is 10.3. The summed E-state index contributed by atoms with van der Waals surface area (Å²) in [5, 5.41) is 0. The molecule has 0 unspecified atom stereocenters. The standard InChI is InChI=1S/C26H28N2.C3H8.C2H6/c1-7-20-16-17-23(24(27-9-3)21-14-11-10-12-15-21)25(22(20)8-2)28-19-13-18-26(4,5)6;1-3-2;1-2/h7-19H,1-3H2,4-6H3;3H2,1-2H3;1-2H3/b18-13+,27-24?,28-19?;;. The quantitative estimate of drug-likeness (QED) is 0.381. The van der Waals surface area contributed by atoms with Gasteiger partial charge in [0.25, 0.3) is 0 Å². The molecule has 0 aliphatic heterocycles. The molecule has 33 heavy (non-hydrogen) atoms. The summed E-state index contributed by atoms with van der Waals surface area (Å²) in [5.74, 6) is 0. The molecule has 2 rings (SSSR count). The Bertz CT molecular complexity index is 952. The molecular formula is C31H42N2. The van der Waals surface area contributed by atoms with E-state index in [0.29, 0.717) is 0 Å². The van der Waals surface area contributed by atoms with Crippen LogP contribution >= 0.6 is 0 Å². The zero-order chi connectivity index (χ0) is 25.3. The topological polar surface area (TPSA) is 24.7 Å². The van der Waals surface area contributed by atoms with Gasteiger partial charge >= 0.3 is 0 Å². The Labute approximate surface area is 202 Å². The lowest BCUT2D eigenvalue weighted by atomic mass is 9.94. The first kappa shape index (κ1) is 29.7. The Kier molecular flexibility index (Phi) is 14.8. The van der Waals surface area contributed by atoms with Crippen molar-refractivity contribution in [1.29, 1.82) is 0 Å². The fourth-order valence-corrected chi connectivity index (χ4v) is 2.78. The number of hydrogen-bond acceptors (Lipinski definition) is 2. The van der Waals surface area contributed by atoms with Crippen molar-refractivity contribution < 1.29 is 0 Å². The molecule has 0 aromatic heterocycles. The van der Waals surface area contributed by atoms with Crippen LogP contribution in [0.1, 0.15) is 77.1 Å². The van der Waals surface area contributed by atoms with Crippen molar-refractivity contribution in [3.63, 3.8) is 0 Å². The second-order valence-corrected chi connectivity index (χ2v) is 8.11. The molecule has 2 aromatic rings. The number of hydrogen-bond donors (Lipinski definition) is 0. The molecule has 0 radical (unpaired) electrons. The van der Waals surface area contributed by atoms with Crippen LogP contribution < -0.4 is 0 Å². The molecule has 0 N–H and O–H groups in total. The van der Waals surface area contributed by atoms with Crippen LogP contribution in [0.15, 0.2) is 90.5 Å². The van der Waals surface area contributed by atoms with Gasteiger partial charge in [-0.3, -0.25) is 9.98 Å². The molecule has 2 aromatic carbocycles. The van der Waals surface area contributed by atoms with Crippen LogP contribution in [0.4, 0.5) is 5.69 Å². The Hall–Kier alpha value is -3.26. The summed E-state index contributed by atoms with van der Waals surface area (Å²) < 4.78 is 0. The van der Waals surface area contributed by atoms with Gasteiger partial charge in [-0.05, 0) is 23.1 Å². The van der Waals surface area contributed by atoms with E-state index in [1.54, 1.807) is 6.20 Å². The summed E-state index contributed by atoms with van der Waals surface area (Å²) in [6.45, 7) is 26.4. The van der Waals surface area contributed by atoms with Gasteiger partial charge in [-0.2, -0.15) is 0 Å². The molecule has 0 heterocycles. The molecular weight excluding hydrogens is 400 g/mol. The maximum absolute atomic E-state index is 4.77. The van der Waals surface area contributed by atoms with Crippen LogP contribution in [0.3, 0.4) is 0 Å². The summed E-state index contributed by atoms with van der Waals surface area (Å²) in [6.07, 6.45) is 12.4. The van der Waals surface area contributed by atoms with Crippen molar-refractivity contribution in [1.82, 2.24) is 0 Å². The van der Waals surface area contributed by atoms with Crippen LogP contribution in [0.25, 0.3) is 12.2 Å². The molecule has 0 atom stereocenters. The van der Waals surface area contributed by atoms with Gasteiger partial charge < -0.3 is 0 Å². The minimum Gasteiger partial charge on any atom is -0.256 e. The van der Waals surface area contributed by atoms with Gasteiger partial charge in [0.2, 0.25) is 0 Å². The number of allylic oxidation sites excluding steroid dienone is 2. The molecule has 2 nitrogen and oxygen atoms in total. The molecule has 0 bridgehead atoms. The summed E-state index contributed by atoms with van der Waals surface area (Å²) >= 11 is 0. The first-order valence-corrected chi connectivity index (χ1v) is 11.7. The van der Waals surface area contributed by atoms with Crippen LogP contribution in [-0.4, -0.2) is 11.9 Å². The van der Waals surface area contributed by atoms with Gasteiger partial charge in [-0.25, -0.2) is 0 Å². The summed E-state index contributed by atoms with van der Waals surface area (Å²) in [7, 11) is 0. The molecule has 0 aliphatic rings. The lowest BCUT2D eigenvalue weighted by Gasteiger charge is -2.14. The maximum Gasteiger partial charge on any atom is 0.0801 e. The van der Waals surface area contributed by atoms with Crippen molar-refractivity contribution in [2.24, 2.45) is 15.4 Å². The van der Waals surface area contributed by atoms with Crippen LogP contribution in [-0.2, 0) is 0 Å². The van der Waals surface area contributed by atoms with E-state index in [1.807, 2.05) is 80.8 Å². The Morgan fingerprint density at radius 2 is 1.52 bits per heavy atom. The third-order valence-electron chi connectivity index (χ3n) is 4.08. The van der Waals surface area contributed by atoms with Crippen LogP contribution in [0.5, 0.6) is 0 Å². The molecule has 0 saturated carbocycles. The van der Waals surface area contributed by atoms with Gasteiger partial charge in [0.15, 0.2) is 0 Å². The zero-order valence-electron chi connectivity index (χ0n) is 21.7. The highest BCUT2D eigenvalue weighted by Gasteiger charge is 2.15. The lowest BCUT2D eigenvalue weighted by Crippen LogP contribution is -2.05. The fraction of sp³-hybridized carbons (Fsp3) is 0.290. The van der Waals surface area contributed by atoms with Crippen molar-refractivity contribution in [2.45, 2.75) is 54.9 Å². The molecule has 0 spiro atoms. The predicted molar refractivity (Wildman–Crippen MR) is 153 cm³/mol. The number of rotatable bonds is 7. The average Bonchev–Trinajstić information content (AvgIpc) is 2.81. The summed E-state index contributed by atoms with van der Waals surface area (Å²) in [4.78, 5) is 9.32. The Morgan fingerprint density at radius 3 is 2.00 bits per heavy atom. The second-order valence-electron chi connectivity index (χ2n) is 8.11. The van der Waals surface area contributed by atoms with E-state index in [-0.39, 0.29) is 5.41 Å². The highest BCUT2D eigenvalue weighted by atomic mass is 14.8. The highest BCUT2D eigenvalue weighted by molar-refractivity contribution is 6.17.